The third kappa shape index (κ3) is 18.9. The lowest BCUT2D eigenvalue weighted by Crippen LogP contribution is -2.16. The molecular formula is C31H56O2. The lowest BCUT2D eigenvalue weighted by Gasteiger charge is -2.19. The van der Waals surface area contributed by atoms with E-state index in [4.69, 9.17) is 4.74 Å². The molecule has 0 radical (unpaired) electrons. The van der Waals surface area contributed by atoms with E-state index in [1.165, 1.54) is 128 Å². The molecule has 1 aromatic carbocycles. The molecule has 0 aliphatic heterocycles. The van der Waals surface area contributed by atoms with Gasteiger partial charge in [0.2, 0.25) is 0 Å². The van der Waals surface area contributed by atoms with Gasteiger partial charge in [0.1, 0.15) is 11.5 Å². The van der Waals surface area contributed by atoms with Crippen LogP contribution in [0.15, 0.2) is 24.3 Å². The van der Waals surface area contributed by atoms with Crippen molar-refractivity contribution in [2.45, 2.75) is 161 Å². The molecule has 0 aliphatic carbocycles. The first kappa shape index (κ1) is 29.9. The maximum absolute atomic E-state index is 9.72. The Balaban J connectivity index is 2.01. The van der Waals surface area contributed by atoms with Crippen LogP contribution in [0.2, 0.25) is 0 Å². The molecule has 0 saturated heterocycles. The Kier molecular flexibility index (Phi) is 20.4. The molecule has 1 N–H and O–H groups in total. The van der Waals surface area contributed by atoms with E-state index in [1.807, 2.05) is 12.1 Å². The van der Waals surface area contributed by atoms with Crippen molar-refractivity contribution < 1.29 is 9.84 Å². The Hall–Kier alpha value is -1.18. The van der Waals surface area contributed by atoms with Crippen LogP contribution in [-0.2, 0) is 0 Å². The maximum Gasteiger partial charge on any atom is 0.123 e. The molecule has 0 aromatic heterocycles. The smallest absolute Gasteiger partial charge is 0.123 e. The zero-order chi connectivity index (χ0) is 23.8. The summed E-state index contributed by atoms with van der Waals surface area (Å²) in [5.41, 5.74) is 0. The van der Waals surface area contributed by atoms with E-state index >= 15 is 0 Å². The fourth-order valence-corrected chi connectivity index (χ4v) is 4.73. The van der Waals surface area contributed by atoms with Gasteiger partial charge in [-0.1, -0.05) is 135 Å². The predicted octanol–water partition coefficient (Wildman–Crippen LogP) is 10.8. The average Bonchev–Trinajstić information content (AvgIpc) is 2.81. The molecule has 0 spiro atoms. The van der Waals surface area contributed by atoms with Crippen LogP contribution in [0.1, 0.15) is 155 Å². The van der Waals surface area contributed by atoms with E-state index in [1.54, 1.807) is 12.1 Å². The zero-order valence-electron chi connectivity index (χ0n) is 22.3. The Bertz CT molecular complexity index is 527. The Morgan fingerprint density at radius 1 is 0.576 bits per heavy atom. The fraction of sp³-hybridized carbons (Fsp3) is 0.806. The SMILES string of the molecule is CCCCCCCCCCCCCCCCCCC(CCCCCC)Oc1cccc(O)c1. The molecule has 1 unspecified atom stereocenters. The molecule has 0 aliphatic rings. The molecule has 33 heavy (non-hydrogen) atoms. The summed E-state index contributed by atoms with van der Waals surface area (Å²) >= 11 is 0. The monoisotopic (exact) mass is 460 g/mol. The number of ether oxygens (including phenoxy) is 1. The van der Waals surface area contributed by atoms with Crippen LogP contribution in [0, 0.1) is 0 Å². The summed E-state index contributed by atoms with van der Waals surface area (Å²) in [6.45, 7) is 4.55. The van der Waals surface area contributed by atoms with Crippen LogP contribution in [-0.4, -0.2) is 11.2 Å². The first-order chi connectivity index (χ1) is 16.3. The molecule has 1 rings (SSSR count). The van der Waals surface area contributed by atoms with Gasteiger partial charge in [-0.3, -0.25) is 0 Å². The van der Waals surface area contributed by atoms with Gasteiger partial charge in [0.05, 0.1) is 6.10 Å². The minimum Gasteiger partial charge on any atom is -0.508 e. The standard InChI is InChI=1S/C31H56O2/c1-3-5-7-9-10-11-12-13-14-15-16-17-18-19-20-22-26-30(25-21-8-6-4-2)33-31-27-23-24-29(32)28-31/h23-24,27-28,30,32H,3-22,25-26H2,1-2H3. The first-order valence-electron chi connectivity index (χ1n) is 14.7. The van der Waals surface area contributed by atoms with Crippen LogP contribution in [0.3, 0.4) is 0 Å². The molecule has 2 nitrogen and oxygen atoms in total. The van der Waals surface area contributed by atoms with Crippen molar-refractivity contribution in [1.29, 1.82) is 0 Å². The second-order valence-corrected chi connectivity index (χ2v) is 10.2. The fourth-order valence-electron chi connectivity index (χ4n) is 4.73. The molecule has 0 fully saturated rings. The van der Waals surface area contributed by atoms with Gasteiger partial charge in [0, 0.05) is 6.07 Å². The lowest BCUT2D eigenvalue weighted by atomic mass is 10.0. The average molecular weight is 461 g/mol. The van der Waals surface area contributed by atoms with Crippen molar-refractivity contribution in [2.75, 3.05) is 0 Å². The third-order valence-electron chi connectivity index (χ3n) is 6.88. The number of unbranched alkanes of at least 4 members (excludes halogenated alkanes) is 18. The molecular weight excluding hydrogens is 404 g/mol. The van der Waals surface area contributed by atoms with Crippen LogP contribution < -0.4 is 4.74 Å². The summed E-state index contributed by atoms with van der Waals surface area (Å²) in [6, 6.07) is 7.28. The minimum atomic E-state index is 0.287. The van der Waals surface area contributed by atoms with Crippen molar-refractivity contribution in [3.8, 4) is 11.5 Å². The van der Waals surface area contributed by atoms with Crippen LogP contribution in [0.25, 0.3) is 0 Å². The van der Waals surface area contributed by atoms with Crippen molar-refractivity contribution in [3.05, 3.63) is 24.3 Å². The van der Waals surface area contributed by atoms with Gasteiger partial charge in [-0.05, 0) is 37.8 Å². The molecule has 1 atom stereocenters. The van der Waals surface area contributed by atoms with Crippen molar-refractivity contribution in [3.63, 3.8) is 0 Å². The third-order valence-corrected chi connectivity index (χ3v) is 6.88. The van der Waals surface area contributed by atoms with E-state index in [-0.39, 0.29) is 6.10 Å². The summed E-state index contributed by atoms with van der Waals surface area (Å²) in [4.78, 5) is 0. The van der Waals surface area contributed by atoms with Gasteiger partial charge in [-0.15, -0.1) is 0 Å². The Morgan fingerprint density at radius 2 is 0.970 bits per heavy atom. The quantitative estimate of drug-likeness (QED) is 0.155. The zero-order valence-corrected chi connectivity index (χ0v) is 22.3. The van der Waals surface area contributed by atoms with Gasteiger partial charge in [0.15, 0.2) is 0 Å². The maximum atomic E-state index is 9.72. The highest BCUT2D eigenvalue weighted by Crippen LogP contribution is 2.23. The van der Waals surface area contributed by atoms with E-state index < -0.39 is 0 Å². The van der Waals surface area contributed by atoms with Gasteiger partial charge < -0.3 is 9.84 Å². The first-order valence-corrected chi connectivity index (χ1v) is 14.7. The number of hydrogen-bond donors (Lipinski definition) is 1. The molecule has 1 aromatic rings. The topological polar surface area (TPSA) is 29.5 Å². The van der Waals surface area contributed by atoms with Crippen LogP contribution >= 0.6 is 0 Å². The normalized spacial score (nSPS) is 12.2. The Labute approximate surface area is 206 Å². The highest BCUT2D eigenvalue weighted by molar-refractivity contribution is 5.31. The van der Waals surface area contributed by atoms with Gasteiger partial charge in [0.25, 0.3) is 0 Å². The minimum absolute atomic E-state index is 0.287. The van der Waals surface area contributed by atoms with E-state index in [0.29, 0.717) is 5.75 Å². The van der Waals surface area contributed by atoms with Crippen molar-refractivity contribution in [1.82, 2.24) is 0 Å². The van der Waals surface area contributed by atoms with Gasteiger partial charge in [-0.25, -0.2) is 0 Å². The van der Waals surface area contributed by atoms with E-state index in [0.717, 1.165) is 18.6 Å². The predicted molar refractivity (Wildman–Crippen MR) is 145 cm³/mol. The number of phenols is 1. The second-order valence-electron chi connectivity index (χ2n) is 10.2. The van der Waals surface area contributed by atoms with Crippen LogP contribution in [0.5, 0.6) is 11.5 Å². The molecule has 0 saturated carbocycles. The Morgan fingerprint density at radius 3 is 1.39 bits per heavy atom. The van der Waals surface area contributed by atoms with E-state index in [9.17, 15) is 5.11 Å². The number of rotatable bonds is 24. The highest BCUT2D eigenvalue weighted by atomic mass is 16.5. The van der Waals surface area contributed by atoms with Crippen LogP contribution in [0.4, 0.5) is 0 Å². The number of hydrogen-bond acceptors (Lipinski definition) is 2. The summed E-state index contributed by atoms with van der Waals surface area (Å²) in [6.07, 6.45) is 30.3. The summed E-state index contributed by atoms with van der Waals surface area (Å²) in [5, 5.41) is 9.72. The molecule has 0 heterocycles. The molecule has 192 valence electrons. The lowest BCUT2D eigenvalue weighted by molar-refractivity contribution is 0.172. The summed E-state index contributed by atoms with van der Waals surface area (Å²) in [5.74, 6) is 1.10. The summed E-state index contributed by atoms with van der Waals surface area (Å²) in [7, 11) is 0. The summed E-state index contributed by atoms with van der Waals surface area (Å²) < 4.78 is 6.24. The number of aromatic hydroxyl groups is 1. The largest absolute Gasteiger partial charge is 0.508 e. The van der Waals surface area contributed by atoms with Crippen molar-refractivity contribution in [2.24, 2.45) is 0 Å². The van der Waals surface area contributed by atoms with Gasteiger partial charge in [-0.2, -0.15) is 0 Å². The number of phenolic OH excluding ortho intramolecular Hbond substituents is 1. The van der Waals surface area contributed by atoms with E-state index in [2.05, 4.69) is 13.8 Å². The van der Waals surface area contributed by atoms with Gasteiger partial charge >= 0.3 is 0 Å². The molecule has 0 amide bonds. The highest BCUT2D eigenvalue weighted by Gasteiger charge is 2.11. The second kappa shape index (κ2) is 22.6. The number of benzene rings is 1. The molecule has 2 heteroatoms. The van der Waals surface area contributed by atoms with Crippen molar-refractivity contribution >= 4 is 0 Å². The molecule has 0 bridgehead atoms.